The summed E-state index contributed by atoms with van der Waals surface area (Å²) in [6.45, 7) is 3.35. The average molecular weight is 273 g/mol. The Balaban J connectivity index is 2.47. The first-order chi connectivity index (χ1) is 5.77. The quantitative estimate of drug-likeness (QED) is 0.716. The number of benzene rings is 1. The standard InChI is InChI=1S/C10H12IN/c1-7-10-6-9(11)3-2-8(10)4-5-12-7/h2-3,6-7,12H,4-5H2,1H3/t7-/m1/s1. The third-order valence-electron chi connectivity index (χ3n) is 2.42. The zero-order chi connectivity index (χ0) is 8.55. The highest BCUT2D eigenvalue weighted by Gasteiger charge is 2.14. The Bertz CT molecular complexity index is 296. The second-order valence-corrected chi connectivity index (χ2v) is 4.51. The van der Waals surface area contributed by atoms with E-state index in [0.29, 0.717) is 6.04 Å². The highest BCUT2D eigenvalue weighted by Crippen LogP contribution is 2.23. The van der Waals surface area contributed by atoms with E-state index < -0.39 is 0 Å². The van der Waals surface area contributed by atoms with Gasteiger partial charge in [0, 0.05) is 9.61 Å². The van der Waals surface area contributed by atoms with E-state index in [4.69, 9.17) is 0 Å². The van der Waals surface area contributed by atoms with Crippen LogP contribution in [0.1, 0.15) is 24.1 Å². The van der Waals surface area contributed by atoms with Crippen molar-refractivity contribution >= 4 is 22.6 Å². The first-order valence-corrected chi connectivity index (χ1v) is 5.37. The van der Waals surface area contributed by atoms with Gasteiger partial charge in [-0.2, -0.15) is 0 Å². The lowest BCUT2D eigenvalue weighted by atomic mass is 9.96. The number of halogens is 1. The van der Waals surface area contributed by atoms with Gasteiger partial charge in [0.15, 0.2) is 0 Å². The van der Waals surface area contributed by atoms with E-state index in [1.807, 2.05) is 0 Å². The van der Waals surface area contributed by atoms with Crippen molar-refractivity contribution in [1.29, 1.82) is 0 Å². The van der Waals surface area contributed by atoms with E-state index in [9.17, 15) is 0 Å². The molecule has 1 aromatic carbocycles. The summed E-state index contributed by atoms with van der Waals surface area (Å²) in [6, 6.07) is 7.27. The topological polar surface area (TPSA) is 12.0 Å². The predicted octanol–water partition coefficient (Wildman–Crippen LogP) is 2.50. The average Bonchev–Trinajstić information content (AvgIpc) is 2.07. The molecule has 64 valence electrons. The van der Waals surface area contributed by atoms with Gasteiger partial charge in [0.1, 0.15) is 0 Å². The number of fused-ring (bicyclic) bond motifs is 1. The summed E-state index contributed by atoms with van der Waals surface area (Å²) in [5, 5.41) is 3.46. The molecule has 0 bridgehead atoms. The molecular formula is C10H12IN. The molecule has 2 heteroatoms. The Morgan fingerprint density at radius 2 is 2.33 bits per heavy atom. The van der Waals surface area contributed by atoms with Crippen LogP contribution in [0.5, 0.6) is 0 Å². The van der Waals surface area contributed by atoms with Crippen molar-refractivity contribution in [2.75, 3.05) is 6.54 Å². The zero-order valence-corrected chi connectivity index (χ0v) is 9.26. The molecule has 1 aromatic rings. The van der Waals surface area contributed by atoms with E-state index >= 15 is 0 Å². The molecule has 1 N–H and O–H groups in total. The Morgan fingerprint density at radius 3 is 3.17 bits per heavy atom. The monoisotopic (exact) mass is 273 g/mol. The second-order valence-electron chi connectivity index (χ2n) is 3.27. The van der Waals surface area contributed by atoms with Gasteiger partial charge in [0.05, 0.1) is 0 Å². The minimum Gasteiger partial charge on any atom is -0.310 e. The number of rotatable bonds is 0. The fraction of sp³-hybridized carbons (Fsp3) is 0.400. The molecule has 1 atom stereocenters. The van der Waals surface area contributed by atoms with Crippen LogP contribution in [0, 0.1) is 3.57 Å². The zero-order valence-electron chi connectivity index (χ0n) is 7.10. The van der Waals surface area contributed by atoms with Crippen LogP contribution >= 0.6 is 22.6 Å². The summed E-state index contributed by atoms with van der Waals surface area (Å²) >= 11 is 2.37. The van der Waals surface area contributed by atoms with Gasteiger partial charge in [0.2, 0.25) is 0 Å². The minimum atomic E-state index is 0.531. The van der Waals surface area contributed by atoms with E-state index in [1.165, 1.54) is 21.1 Å². The molecule has 0 radical (unpaired) electrons. The summed E-state index contributed by atoms with van der Waals surface area (Å²) in [5.74, 6) is 0. The highest BCUT2D eigenvalue weighted by atomic mass is 127. The lowest BCUT2D eigenvalue weighted by molar-refractivity contribution is 0.540. The molecule has 0 aromatic heterocycles. The summed E-state index contributed by atoms with van der Waals surface area (Å²) in [4.78, 5) is 0. The van der Waals surface area contributed by atoms with Crippen LogP contribution in [0.25, 0.3) is 0 Å². The molecule has 1 nitrogen and oxygen atoms in total. The Kier molecular flexibility index (Phi) is 2.37. The van der Waals surface area contributed by atoms with E-state index in [0.717, 1.165) is 6.54 Å². The molecule has 0 fully saturated rings. The van der Waals surface area contributed by atoms with Gasteiger partial charge < -0.3 is 5.32 Å². The molecule has 1 aliphatic rings. The van der Waals surface area contributed by atoms with Crippen molar-refractivity contribution in [3.63, 3.8) is 0 Å². The van der Waals surface area contributed by atoms with E-state index in [2.05, 4.69) is 53.0 Å². The molecule has 0 spiro atoms. The van der Waals surface area contributed by atoms with Crippen LogP contribution in [-0.4, -0.2) is 6.54 Å². The fourth-order valence-electron chi connectivity index (χ4n) is 1.73. The van der Waals surface area contributed by atoms with Crippen LogP contribution in [0.15, 0.2) is 18.2 Å². The molecule has 0 saturated carbocycles. The maximum atomic E-state index is 3.46. The van der Waals surface area contributed by atoms with Gasteiger partial charge >= 0.3 is 0 Å². The minimum absolute atomic E-state index is 0.531. The second kappa shape index (κ2) is 3.34. The van der Waals surface area contributed by atoms with Crippen molar-refractivity contribution in [2.24, 2.45) is 0 Å². The van der Waals surface area contributed by atoms with Crippen molar-refractivity contribution in [3.05, 3.63) is 32.9 Å². The molecule has 1 aliphatic heterocycles. The van der Waals surface area contributed by atoms with Gasteiger partial charge in [-0.15, -0.1) is 0 Å². The maximum absolute atomic E-state index is 3.46. The van der Waals surface area contributed by atoms with E-state index in [-0.39, 0.29) is 0 Å². The summed E-state index contributed by atoms with van der Waals surface area (Å²) in [7, 11) is 0. The number of hydrogen-bond donors (Lipinski definition) is 1. The lowest BCUT2D eigenvalue weighted by Crippen LogP contribution is -2.27. The Morgan fingerprint density at radius 1 is 1.50 bits per heavy atom. The molecule has 0 amide bonds. The van der Waals surface area contributed by atoms with Gasteiger partial charge in [-0.25, -0.2) is 0 Å². The van der Waals surface area contributed by atoms with Crippen LogP contribution in [0.2, 0.25) is 0 Å². The molecular weight excluding hydrogens is 261 g/mol. The highest BCUT2D eigenvalue weighted by molar-refractivity contribution is 14.1. The van der Waals surface area contributed by atoms with Crippen molar-refractivity contribution in [2.45, 2.75) is 19.4 Å². The first kappa shape index (κ1) is 8.51. The molecule has 2 rings (SSSR count). The first-order valence-electron chi connectivity index (χ1n) is 4.29. The Hall–Kier alpha value is -0.0900. The van der Waals surface area contributed by atoms with E-state index in [1.54, 1.807) is 0 Å². The largest absolute Gasteiger partial charge is 0.310 e. The van der Waals surface area contributed by atoms with Gasteiger partial charge in [-0.1, -0.05) is 6.07 Å². The normalized spacial score (nSPS) is 22.0. The van der Waals surface area contributed by atoms with Crippen molar-refractivity contribution in [3.8, 4) is 0 Å². The van der Waals surface area contributed by atoms with Crippen LogP contribution in [0.4, 0.5) is 0 Å². The van der Waals surface area contributed by atoms with Crippen LogP contribution < -0.4 is 5.32 Å². The lowest BCUT2D eigenvalue weighted by Gasteiger charge is -2.23. The smallest absolute Gasteiger partial charge is 0.0295 e. The third kappa shape index (κ3) is 1.50. The van der Waals surface area contributed by atoms with Crippen LogP contribution in [-0.2, 0) is 6.42 Å². The van der Waals surface area contributed by atoms with Crippen molar-refractivity contribution in [1.82, 2.24) is 5.32 Å². The van der Waals surface area contributed by atoms with Crippen LogP contribution in [0.3, 0.4) is 0 Å². The van der Waals surface area contributed by atoms with Gasteiger partial charge in [-0.05, 0) is 65.7 Å². The maximum Gasteiger partial charge on any atom is 0.0295 e. The molecule has 0 unspecified atom stereocenters. The van der Waals surface area contributed by atoms with Gasteiger partial charge in [-0.3, -0.25) is 0 Å². The molecule has 12 heavy (non-hydrogen) atoms. The van der Waals surface area contributed by atoms with Gasteiger partial charge in [0.25, 0.3) is 0 Å². The Labute approximate surface area is 86.7 Å². The fourth-order valence-corrected chi connectivity index (χ4v) is 2.25. The summed E-state index contributed by atoms with van der Waals surface area (Å²) in [6.07, 6.45) is 1.18. The summed E-state index contributed by atoms with van der Waals surface area (Å²) < 4.78 is 1.34. The predicted molar refractivity (Wildman–Crippen MR) is 59.3 cm³/mol. The SMILES string of the molecule is C[C@H]1NCCc2ccc(I)cc21. The molecule has 0 saturated heterocycles. The number of hydrogen-bond acceptors (Lipinski definition) is 1. The number of nitrogens with one attached hydrogen (secondary N) is 1. The molecule has 0 aliphatic carbocycles. The summed E-state index contributed by atoms with van der Waals surface area (Å²) in [5.41, 5.74) is 3.00. The van der Waals surface area contributed by atoms with Crippen molar-refractivity contribution < 1.29 is 0 Å². The third-order valence-corrected chi connectivity index (χ3v) is 3.09. The molecule has 1 heterocycles.